The lowest BCUT2D eigenvalue weighted by Gasteiger charge is -2.22. The highest BCUT2D eigenvalue weighted by molar-refractivity contribution is 7.98. The Bertz CT molecular complexity index is 713. The lowest BCUT2D eigenvalue weighted by Crippen LogP contribution is -2.39. The van der Waals surface area contributed by atoms with Crippen LogP contribution in [0.4, 0.5) is 0 Å². The Morgan fingerprint density at radius 2 is 2.04 bits per heavy atom. The van der Waals surface area contributed by atoms with E-state index < -0.39 is 0 Å². The van der Waals surface area contributed by atoms with Gasteiger partial charge in [0.25, 0.3) is 0 Å². The molecule has 8 heteroatoms. The summed E-state index contributed by atoms with van der Waals surface area (Å²) in [5.74, 6) is 3.73. The molecule has 2 aromatic rings. The van der Waals surface area contributed by atoms with Crippen molar-refractivity contribution in [1.82, 2.24) is 25.0 Å². The normalized spacial score (nSPS) is 11.7. The number of aryl methyl sites for hydroxylation is 1. The molecular formula is C18H27ClN6S. The van der Waals surface area contributed by atoms with Gasteiger partial charge in [0, 0.05) is 32.2 Å². The Labute approximate surface area is 165 Å². The van der Waals surface area contributed by atoms with Crippen molar-refractivity contribution < 1.29 is 0 Å². The van der Waals surface area contributed by atoms with E-state index in [-0.39, 0.29) is 0 Å². The first kappa shape index (κ1) is 20.6. The lowest BCUT2D eigenvalue weighted by atomic mass is 10.2. The van der Waals surface area contributed by atoms with Gasteiger partial charge in [-0.1, -0.05) is 23.7 Å². The Balaban J connectivity index is 2.06. The Kier molecular flexibility index (Phi) is 8.25. The van der Waals surface area contributed by atoms with E-state index in [4.69, 9.17) is 16.6 Å². The topological polar surface area (TPSA) is 58.3 Å². The molecule has 0 unspecified atom stereocenters. The SMILES string of the molecule is CSCCCNC(=NCc1nnc(C)n1C)N(C)Cc1ccc(Cl)cc1. The summed E-state index contributed by atoms with van der Waals surface area (Å²) in [6.07, 6.45) is 3.22. The third-order valence-electron chi connectivity index (χ3n) is 4.06. The number of guanidine groups is 1. The number of halogens is 1. The zero-order chi connectivity index (χ0) is 18.9. The summed E-state index contributed by atoms with van der Waals surface area (Å²) in [5, 5.41) is 12.5. The molecule has 0 aliphatic heterocycles. The highest BCUT2D eigenvalue weighted by Gasteiger charge is 2.09. The Morgan fingerprint density at radius 1 is 1.31 bits per heavy atom. The van der Waals surface area contributed by atoms with Crippen molar-refractivity contribution >= 4 is 29.3 Å². The number of nitrogens with zero attached hydrogens (tertiary/aromatic N) is 5. The van der Waals surface area contributed by atoms with Crippen LogP contribution in [0.15, 0.2) is 29.3 Å². The Morgan fingerprint density at radius 3 is 2.65 bits per heavy atom. The molecule has 0 radical (unpaired) electrons. The molecule has 1 aromatic heterocycles. The number of benzene rings is 1. The van der Waals surface area contributed by atoms with Crippen LogP contribution in [0.3, 0.4) is 0 Å². The fraction of sp³-hybridized carbons (Fsp3) is 0.500. The van der Waals surface area contributed by atoms with Crippen LogP contribution in [0, 0.1) is 6.92 Å². The second-order valence-electron chi connectivity index (χ2n) is 6.12. The van der Waals surface area contributed by atoms with Crippen LogP contribution in [0.25, 0.3) is 0 Å². The van der Waals surface area contributed by atoms with Gasteiger partial charge in [-0.25, -0.2) is 4.99 Å². The molecule has 1 aromatic carbocycles. The van der Waals surface area contributed by atoms with Crippen molar-refractivity contribution in [2.45, 2.75) is 26.4 Å². The van der Waals surface area contributed by atoms with Gasteiger partial charge in [-0.05, 0) is 43.0 Å². The van der Waals surface area contributed by atoms with Crippen molar-refractivity contribution in [3.8, 4) is 0 Å². The fourth-order valence-corrected chi connectivity index (χ4v) is 2.96. The summed E-state index contributed by atoms with van der Waals surface area (Å²) in [6.45, 7) is 4.08. The maximum Gasteiger partial charge on any atom is 0.194 e. The molecule has 26 heavy (non-hydrogen) atoms. The molecule has 0 aliphatic rings. The lowest BCUT2D eigenvalue weighted by molar-refractivity contribution is 0.474. The largest absolute Gasteiger partial charge is 0.356 e. The minimum Gasteiger partial charge on any atom is -0.356 e. The summed E-state index contributed by atoms with van der Waals surface area (Å²) in [5.41, 5.74) is 1.19. The average molecular weight is 395 g/mol. The van der Waals surface area contributed by atoms with Crippen LogP contribution in [0.2, 0.25) is 5.02 Å². The number of aromatic nitrogens is 3. The predicted octanol–water partition coefficient (Wildman–Crippen LogP) is 3.11. The quantitative estimate of drug-likeness (QED) is 0.423. The fourth-order valence-electron chi connectivity index (χ4n) is 2.40. The molecule has 6 nitrogen and oxygen atoms in total. The first-order valence-corrected chi connectivity index (χ1v) is 10.4. The Hall–Kier alpha value is -1.73. The molecule has 1 heterocycles. The van der Waals surface area contributed by atoms with Crippen molar-refractivity contribution in [2.75, 3.05) is 25.6 Å². The first-order valence-electron chi connectivity index (χ1n) is 8.59. The number of nitrogens with one attached hydrogen (secondary N) is 1. The number of hydrogen-bond acceptors (Lipinski definition) is 4. The van der Waals surface area contributed by atoms with E-state index in [2.05, 4.69) is 26.7 Å². The standard InChI is InChI=1S/C18H27ClN6S/c1-14-22-23-17(25(14)3)12-21-18(20-10-5-11-26-4)24(2)13-15-6-8-16(19)9-7-15/h6-9H,5,10-13H2,1-4H3,(H,20,21). The summed E-state index contributed by atoms with van der Waals surface area (Å²) in [7, 11) is 4.00. The smallest absolute Gasteiger partial charge is 0.194 e. The van der Waals surface area contributed by atoms with Crippen molar-refractivity contribution in [2.24, 2.45) is 12.0 Å². The van der Waals surface area contributed by atoms with Crippen molar-refractivity contribution in [3.63, 3.8) is 0 Å². The minimum atomic E-state index is 0.493. The summed E-state index contributed by atoms with van der Waals surface area (Å²) < 4.78 is 1.97. The van der Waals surface area contributed by atoms with Crippen LogP contribution in [-0.4, -0.2) is 51.2 Å². The molecule has 0 bridgehead atoms. The number of thioether (sulfide) groups is 1. The molecule has 0 atom stereocenters. The maximum atomic E-state index is 5.98. The van der Waals surface area contributed by atoms with Crippen LogP contribution >= 0.6 is 23.4 Å². The van der Waals surface area contributed by atoms with Crippen LogP contribution in [0.5, 0.6) is 0 Å². The number of aliphatic imine (C=N–C) groups is 1. The summed E-state index contributed by atoms with van der Waals surface area (Å²) >= 11 is 7.83. The van der Waals surface area contributed by atoms with Gasteiger partial charge in [0.2, 0.25) is 0 Å². The second-order valence-corrected chi connectivity index (χ2v) is 7.54. The number of rotatable bonds is 8. The van der Waals surface area contributed by atoms with Crippen molar-refractivity contribution in [3.05, 3.63) is 46.5 Å². The highest BCUT2D eigenvalue weighted by atomic mass is 35.5. The molecule has 0 saturated heterocycles. The van der Waals surface area contributed by atoms with Crippen molar-refractivity contribution in [1.29, 1.82) is 0 Å². The van der Waals surface area contributed by atoms with Crippen LogP contribution < -0.4 is 5.32 Å². The van der Waals surface area contributed by atoms with Gasteiger partial charge in [-0.15, -0.1) is 10.2 Å². The van der Waals surface area contributed by atoms with E-state index in [0.717, 1.165) is 47.9 Å². The van der Waals surface area contributed by atoms with Gasteiger partial charge in [0.15, 0.2) is 11.8 Å². The van der Waals surface area contributed by atoms with Gasteiger partial charge in [-0.3, -0.25) is 0 Å². The molecule has 0 aliphatic carbocycles. The van der Waals surface area contributed by atoms with E-state index >= 15 is 0 Å². The zero-order valence-electron chi connectivity index (χ0n) is 15.9. The second kappa shape index (κ2) is 10.4. The van der Waals surface area contributed by atoms with Gasteiger partial charge in [-0.2, -0.15) is 11.8 Å². The van der Waals surface area contributed by atoms with E-state index in [1.165, 1.54) is 5.56 Å². The third-order valence-corrected chi connectivity index (χ3v) is 5.00. The first-order chi connectivity index (χ1) is 12.5. The molecule has 0 fully saturated rings. The van der Waals surface area contributed by atoms with Gasteiger partial charge in [0.1, 0.15) is 12.4 Å². The van der Waals surface area contributed by atoms with Gasteiger partial charge < -0.3 is 14.8 Å². The molecule has 0 spiro atoms. The van der Waals surface area contributed by atoms with E-state index in [0.29, 0.717) is 6.54 Å². The molecule has 1 N–H and O–H groups in total. The summed E-state index contributed by atoms with van der Waals surface area (Å²) in [4.78, 5) is 6.87. The third kappa shape index (κ3) is 6.21. The van der Waals surface area contributed by atoms with E-state index in [1.807, 2.05) is 61.6 Å². The highest BCUT2D eigenvalue weighted by Crippen LogP contribution is 2.11. The van der Waals surface area contributed by atoms with Gasteiger partial charge >= 0.3 is 0 Å². The maximum absolute atomic E-state index is 5.98. The van der Waals surface area contributed by atoms with E-state index in [9.17, 15) is 0 Å². The van der Waals surface area contributed by atoms with Gasteiger partial charge in [0.05, 0.1) is 0 Å². The molecule has 0 amide bonds. The summed E-state index contributed by atoms with van der Waals surface area (Å²) in [6, 6.07) is 7.90. The minimum absolute atomic E-state index is 0.493. The van der Waals surface area contributed by atoms with Crippen LogP contribution in [0.1, 0.15) is 23.6 Å². The molecule has 0 saturated carbocycles. The monoisotopic (exact) mass is 394 g/mol. The van der Waals surface area contributed by atoms with E-state index in [1.54, 1.807) is 0 Å². The molecule has 2 rings (SSSR count). The molecule has 142 valence electrons. The van der Waals surface area contributed by atoms with Crippen LogP contribution in [-0.2, 0) is 20.1 Å². The average Bonchev–Trinajstić information content (AvgIpc) is 2.95. The molecular weight excluding hydrogens is 368 g/mol. The predicted molar refractivity (Wildman–Crippen MR) is 111 cm³/mol. The zero-order valence-corrected chi connectivity index (χ0v) is 17.4. The number of hydrogen-bond donors (Lipinski definition) is 1.